The summed E-state index contributed by atoms with van der Waals surface area (Å²) in [4.78, 5) is 55.3. The van der Waals surface area contributed by atoms with E-state index in [1.807, 2.05) is 0 Å². The van der Waals surface area contributed by atoms with Crippen LogP contribution in [0.4, 0.5) is 0 Å². The molecule has 1 aromatic carbocycles. The Labute approximate surface area is 206 Å². The Kier molecular flexibility index (Phi) is 7.79. The van der Waals surface area contributed by atoms with Crippen LogP contribution in [0.15, 0.2) is 53.6 Å². The molecule has 0 fully saturated rings. The molecule has 0 bridgehead atoms. The predicted molar refractivity (Wildman–Crippen MR) is 130 cm³/mol. The van der Waals surface area contributed by atoms with Crippen LogP contribution in [-0.2, 0) is 4.79 Å². The van der Waals surface area contributed by atoms with Gasteiger partial charge in [-0.3, -0.25) is 23.6 Å². The van der Waals surface area contributed by atoms with Gasteiger partial charge in [-0.1, -0.05) is 6.07 Å². The fourth-order valence-corrected chi connectivity index (χ4v) is 3.85. The Morgan fingerprint density at radius 2 is 2.00 bits per heavy atom. The summed E-state index contributed by atoms with van der Waals surface area (Å²) in [5, 5.41) is 8.26. The number of hydrogen-bond donors (Lipinski definition) is 3. The van der Waals surface area contributed by atoms with Gasteiger partial charge in [0.2, 0.25) is 5.91 Å². The lowest BCUT2D eigenvalue weighted by molar-refractivity contribution is -0.123. The number of pyridine rings is 1. The summed E-state index contributed by atoms with van der Waals surface area (Å²) in [6, 6.07) is 9.10. The zero-order chi connectivity index (χ0) is 25.5. The van der Waals surface area contributed by atoms with Gasteiger partial charge in [0.15, 0.2) is 0 Å². The van der Waals surface area contributed by atoms with E-state index in [0.717, 1.165) is 0 Å². The maximum atomic E-state index is 12.9. The van der Waals surface area contributed by atoms with Crippen molar-refractivity contribution < 1.29 is 23.9 Å². The topological polar surface area (TPSA) is 140 Å². The van der Waals surface area contributed by atoms with Gasteiger partial charge in [0, 0.05) is 25.0 Å². The molecule has 3 heterocycles. The van der Waals surface area contributed by atoms with E-state index in [-0.39, 0.29) is 24.6 Å². The number of rotatable bonds is 3. The van der Waals surface area contributed by atoms with E-state index >= 15 is 0 Å². The van der Waals surface area contributed by atoms with Crippen molar-refractivity contribution in [2.75, 3.05) is 26.8 Å². The van der Waals surface area contributed by atoms with Crippen molar-refractivity contribution in [2.45, 2.75) is 25.3 Å². The molecule has 1 aliphatic heterocycles. The lowest BCUT2D eigenvalue weighted by Gasteiger charge is -2.20. The van der Waals surface area contributed by atoms with E-state index < -0.39 is 23.4 Å². The quantitative estimate of drug-likeness (QED) is 0.493. The van der Waals surface area contributed by atoms with Gasteiger partial charge in [0.25, 0.3) is 17.4 Å². The molecular formula is C25H27N5O6. The fourth-order valence-electron chi connectivity index (χ4n) is 3.85. The molecule has 36 heavy (non-hydrogen) atoms. The van der Waals surface area contributed by atoms with Crippen molar-refractivity contribution >= 4 is 23.4 Å². The number of carbonyl (C=O) groups is 3. The number of fused-ring (bicyclic) bond motifs is 2. The Hall–Kier alpha value is -4.41. The Balaban J connectivity index is 1.47. The highest BCUT2D eigenvalue weighted by molar-refractivity contribution is 5.98. The standard InChI is InChI=1S/C25H27N5O6/c1-35-16-8-9-17-20(14-16)36-13-11-27-24(33)19(6-2-4-10-26-22(17)31)29-23(32)18-15-28-21-7-3-5-12-30(21)25(18)34/h3,5,7-9,12,14-15,19H,2,4,6,10-11,13H2,1H3,(H,26,31)(H,27,33)(H,29,32)/t19-/m0/s1. The van der Waals surface area contributed by atoms with E-state index in [9.17, 15) is 19.2 Å². The average molecular weight is 494 g/mol. The Morgan fingerprint density at radius 1 is 1.14 bits per heavy atom. The number of hydrogen-bond acceptors (Lipinski definition) is 7. The molecule has 11 heteroatoms. The molecular weight excluding hydrogens is 466 g/mol. The van der Waals surface area contributed by atoms with E-state index in [2.05, 4.69) is 20.9 Å². The predicted octanol–water partition coefficient (Wildman–Crippen LogP) is 0.910. The van der Waals surface area contributed by atoms with Crippen LogP contribution in [0.2, 0.25) is 0 Å². The molecule has 11 nitrogen and oxygen atoms in total. The number of amides is 3. The van der Waals surface area contributed by atoms with Gasteiger partial charge in [-0.25, -0.2) is 4.98 Å². The Morgan fingerprint density at radius 3 is 2.83 bits per heavy atom. The van der Waals surface area contributed by atoms with Crippen LogP contribution in [0.5, 0.6) is 11.5 Å². The molecule has 0 saturated carbocycles. The van der Waals surface area contributed by atoms with Crippen LogP contribution < -0.4 is 31.0 Å². The maximum Gasteiger partial charge on any atom is 0.270 e. The number of methoxy groups -OCH3 is 1. The van der Waals surface area contributed by atoms with Crippen molar-refractivity contribution in [3.63, 3.8) is 0 Å². The van der Waals surface area contributed by atoms with Crippen LogP contribution in [0.25, 0.3) is 5.65 Å². The highest BCUT2D eigenvalue weighted by Crippen LogP contribution is 2.25. The molecule has 3 aromatic rings. The fraction of sp³-hybridized carbons (Fsp3) is 0.320. The summed E-state index contributed by atoms with van der Waals surface area (Å²) in [5.41, 5.74) is 0.104. The highest BCUT2D eigenvalue weighted by Gasteiger charge is 2.23. The molecule has 2 aromatic heterocycles. The lowest BCUT2D eigenvalue weighted by Crippen LogP contribution is -2.48. The second-order valence-corrected chi connectivity index (χ2v) is 8.19. The van der Waals surface area contributed by atoms with Gasteiger partial charge in [0.05, 0.1) is 19.2 Å². The average Bonchev–Trinajstić information content (AvgIpc) is 2.89. The number of nitrogens with zero attached hydrogens (tertiary/aromatic N) is 2. The zero-order valence-electron chi connectivity index (χ0n) is 19.8. The molecule has 0 aliphatic carbocycles. The number of benzene rings is 1. The highest BCUT2D eigenvalue weighted by atomic mass is 16.5. The van der Waals surface area contributed by atoms with Crippen molar-refractivity contribution in [1.82, 2.24) is 25.3 Å². The molecule has 0 unspecified atom stereocenters. The molecule has 188 valence electrons. The maximum absolute atomic E-state index is 12.9. The zero-order valence-corrected chi connectivity index (χ0v) is 19.8. The molecule has 1 aliphatic rings. The van der Waals surface area contributed by atoms with Crippen LogP contribution >= 0.6 is 0 Å². The smallest absolute Gasteiger partial charge is 0.270 e. The second-order valence-electron chi connectivity index (χ2n) is 8.19. The number of aromatic nitrogens is 2. The molecule has 0 saturated heterocycles. The third-order valence-electron chi connectivity index (χ3n) is 5.78. The monoisotopic (exact) mass is 493 g/mol. The summed E-state index contributed by atoms with van der Waals surface area (Å²) < 4.78 is 12.2. The molecule has 4 rings (SSSR count). The third-order valence-corrected chi connectivity index (χ3v) is 5.78. The second kappa shape index (κ2) is 11.3. The van der Waals surface area contributed by atoms with Gasteiger partial charge in [0.1, 0.15) is 35.4 Å². The van der Waals surface area contributed by atoms with Gasteiger partial charge in [-0.05, 0) is 43.5 Å². The van der Waals surface area contributed by atoms with E-state index in [0.29, 0.717) is 48.5 Å². The molecule has 1 atom stereocenters. The number of ether oxygens (including phenoxy) is 2. The normalized spacial score (nSPS) is 17.1. The third kappa shape index (κ3) is 5.62. The molecule has 3 N–H and O–H groups in total. The molecule has 0 spiro atoms. The van der Waals surface area contributed by atoms with Crippen molar-refractivity contribution in [3.05, 3.63) is 70.3 Å². The molecule has 0 radical (unpaired) electrons. The first kappa shape index (κ1) is 24.7. The first-order valence-electron chi connectivity index (χ1n) is 11.6. The van der Waals surface area contributed by atoms with E-state index in [4.69, 9.17) is 9.47 Å². The van der Waals surface area contributed by atoms with E-state index in [1.54, 1.807) is 36.4 Å². The van der Waals surface area contributed by atoms with Crippen LogP contribution in [0.1, 0.15) is 40.0 Å². The van der Waals surface area contributed by atoms with Crippen molar-refractivity contribution in [2.24, 2.45) is 0 Å². The van der Waals surface area contributed by atoms with Crippen LogP contribution in [0.3, 0.4) is 0 Å². The van der Waals surface area contributed by atoms with Crippen molar-refractivity contribution in [1.29, 1.82) is 0 Å². The first-order valence-corrected chi connectivity index (χ1v) is 11.6. The minimum Gasteiger partial charge on any atom is -0.497 e. The van der Waals surface area contributed by atoms with Gasteiger partial charge >= 0.3 is 0 Å². The summed E-state index contributed by atoms with van der Waals surface area (Å²) in [5.74, 6) is -0.478. The van der Waals surface area contributed by atoms with Crippen LogP contribution in [-0.4, -0.2) is 60.0 Å². The minimum absolute atomic E-state index is 0.0931. The number of nitrogens with one attached hydrogen (secondary N) is 3. The van der Waals surface area contributed by atoms with Gasteiger partial charge < -0.3 is 25.4 Å². The minimum atomic E-state index is -0.876. The number of carbonyl (C=O) groups excluding carboxylic acids is 3. The summed E-state index contributed by atoms with van der Waals surface area (Å²) in [7, 11) is 1.52. The first-order chi connectivity index (χ1) is 17.5. The summed E-state index contributed by atoms with van der Waals surface area (Å²) in [6.45, 7) is 0.613. The van der Waals surface area contributed by atoms with Gasteiger partial charge in [-0.15, -0.1) is 0 Å². The van der Waals surface area contributed by atoms with Crippen molar-refractivity contribution in [3.8, 4) is 11.5 Å². The molecule has 3 amide bonds. The summed E-state index contributed by atoms with van der Waals surface area (Å²) in [6.07, 6.45) is 4.20. The van der Waals surface area contributed by atoms with Gasteiger partial charge in [-0.2, -0.15) is 0 Å². The summed E-state index contributed by atoms with van der Waals surface area (Å²) >= 11 is 0. The Bertz CT molecular complexity index is 1340. The largest absolute Gasteiger partial charge is 0.497 e. The lowest BCUT2D eigenvalue weighted by atomic mass is 10.1. The van der Waals surface area contributed by atoms with Crippen LogP contribution in [0, 0.1) is 0 Å². The SMILES string of the molecule is COc1ccc2c(c1)OCCNC(=O)[C@@H](NC(=O)c1cnc3ccccn3c1=O)CCCCNC2=O. The van der Waals surface area contributed by atoms with E-state index in [1.165, 1.54) is 23.9 Å².